The largest absolute Gasteiger partial charge is 0.495 e. The fourth-order valence-electron chi connectivity index (χ4n) is 3.32. The van der Waals surface area contributed by atoms with Gasteiger partial charge < -0.3 is 19.2 Å². The Morgan fingerprint density at radius 1 is 1.12 bits per heavy atom. The van der Waals surface area contributed by atoms with Gasteiger partial charge >= 0.3 is 5.97 Å². The van der Waals surface area contributed by atoms with Crippen LogP contribution in [0.2, 0.25) is 0 Å². The van der Waals surface area contributed by atoms with Gasteiger partial charge in [0.1, 0.15) is 11.5 Å². The minimum atomic E-state index is -0.533. The summed E-state index contributed by atoms with van der Waals surface area (Å²) in [5.74, 6) is 0.264. The lowest BCUT2D eigenvalue weighted by Gasteiger charge is -2.13. The minimum absolute atomic E-state index is 0.00908. The first-order valence-electron chi connectivity index (χ1n) is 10.2. The lowest BCUT2D eigenvalue weighted by molar-refractivity contribution is -0.113. The molecule has 0 spiro atoms. The van der Waals surface area contributed by atoms with Crippen molar-refractivity contribution < 1.29 is 23.5 Å². The van der Waals surface area contributed by atoms with E-state index >= 15 is 0 Å². The van der Waals surface area contributed by atoms with Crippen molar-refractivity contribution in [1.82, 2.24) is 9.55 Å². The number of benzene rings is 2. The third-order valence-corrected chi connectivity index (χ3v) is 5.93. The summed E-state index contributed by atoms with van der Waals surface area (Å²) in [6.07, 6.45) is 1.52. The van der Waals surface area contributed by atoms with Crippen LogP contribution < -0.4 is 15.6 Å². The smallest absolute Gasteiger partial charge is 0.337 e. The van der Waals surface area contributed by atoms with Gasteiger partial charge in [0.25, 0.3) is 5.56 Å². The van der Waals surface area contributed by atoms with Crippen LogP contribution >= 0.6 is 11.8 Å². The molecule has 2 heterocycles. The maximum absolute atomic E-state index is 13.3. The summed E-state index contributed by atoms with van der Waals surface area (Å²) in [5, 5.41) is 3.45. The standard InChI is InChI=1S/C24H21N3O6S/c1-31-20-8-4-3-7-18(20)25-21(28)14-34-24-26-19-12-15(23(30)32-2)9-10-17(19)22(29)27(24)13-16-6-5-11-33-16/h3-12H,13-14H2,1-2H3,(H,25,28). The molecule has 0 saturated heterocycles. The highest BCUT2D eigenvalue weighted by molar-refractivity contribution is 7.99. The Balaban J connectivity index is 1.66. The molecule has 1 N–H and O–H groups in total. The van der Waals surface area contributed by atoms with Crippen LogP contribution in [-0.2, 0) is 16.1 Å². The second-order valence-corrected chi connectivity index (χ2v) is 8.07. The predicted molar refractivity (Wildman–Crippen MR) is 128 cm³/mol. The number of ether oxygens (including phenoxy) is 2. The summed E-state index contributed by atoms with van der Waals surface area (Å²) in [6.45, 7) is 0.143. The molecule has 10 heteroatoms. The van der Waals surface area contributed by atoms with Crippen LogP contribution in [0.25, 0.3) is 10.9 Å². The van der Waals surface area contributed by atoms with Gasteiger partial charge in [-0.2, -0.15) is 0 Å². The summed E-state index contributed by atoms with van der Waals surface area (Å²) in [5.41, 5.74) is 0.829. The van der Waals surface area contributed by atoms with E-state index in [0.29, 0.717) is 33.3 Å². The number of methoxy groups -OCH3 is 2. The van der Waals surface area contributed by atoms with Gasteiger partial charge in [-0.3, -0.25) is 14.2 Å². The first-order valence-corrected chi connectivity index (χ1v) is 11.2. The van der Waals surface area contributed by atoms with Crippen LogP contribution in [0.15, 0.2) is 75.2 Å². The maximum Gasteiger partial charge on any atom is 0.337 e. The van der Waals surface area contributed by atoms with Crippen molar-refractivity contribution in [3.8, 4) is 5.75 Å². The molecule has 9 nitrogen and oxygen atoms in total. The molecule has 0 radical (unpaired) electrons. The van der Waals surface area contributed by atoms with E-state index in [1.807, 2.05) is 0 Å². The van der Waals surface area contributed by atoms with Crippen LogP contribution in [0.1, 0.15) is 16.1 Å². The lowest BCUT2D eigenvalue weighted by Crippen LogP contribution is -2.25. The van der Waals surface area contributed by atoms with Gasteiger partial charge in [-0.15, -0.1) is 0 Å². The molecule has 2 aromatic carbocycles. The van der Waals surface area contributed by atoms with Crippen LogP contribution in [0, 0.1) is 0 Å². The monoisotopic (exact) mass is 479 g/mol. The Bertz CT molecular complexity index is 1400. The fourth-order valence-corrected chi connectivity index (χ4v) is 4.12. The number of carbonyl (C=O) groups excluding carboxylic acids is 2. The molecule has 0 aliphatic carbocycles. The van der Waals surface area contributed by atoms with E-state index in [1.165, 1.54) is 37.2 Å². The van der Waals surface area contributed by atoms with Crippen molar-refractivity contribution in [3.05, 3.63) is 82.5 Å². The zero-order valence-electron chi connectivity index (χ0n) is 18.4. The number of hydrogen-bond donors (Lipinski definition) is 1. The van der Waals surface area contributed by atoms with Crippen LogP contribution in [0.3, 0.4) is 0 Å². The number of amides is 1. The lowest BCUT2D eigenvalue weighted by atomic mass is 10.1. The van der Waals surface area contributed by atoms with E-state index in [0.717, 1.165) is 11.8 Å². The van der Waals surface area contributed by atoms with Crippen molar-refractivity contribution in [3.63, 3.8) is 0 Å². The van der Waals surface area contributed by atoms with Gasteiger partial charge in [0.15, 0.2) is 5.16 Å². The first kappa shape index (κ1) is 23.1. The predicted octanol–water partition coefficient (Wildman–Crippen LogP) is 3.56. The van der Waals surface area contributed by atoms with Crippen molar-refractivity contribution in [2.45, 2.75) is 11.7 Å². The van der Waals surface area contributed by atoms with Gasteiger partial charge in [0.05, 0.1) is 54.9 Å². The quantitative estimate of drug-likeness (QED) is 0.232. The Kier molecular flexibility index (Phi) is 6.98. The van der Waals surface area contributed by atoms with Crippen molar-refractivity contribution >= 4 is 40.2 Å². The molecule has 1 amide bonds. The molecule has 4 aromatic rings. The Morgan fingerprint density at radius 3 is 2.68 bits per heavy atom. The van der Waals surface area contributed by atoms with Crippen molar-refractivity contribution in [2.24, 2.45) is 0 Å². The molecular weight excluding hydrogens is 458 g/mol. The highest BCUT2D eigenvalue weighted by Crippen LogP contribution is 2.24. The summed E-state index contributed by atoms with van der Waals surface area (Å²) < 4.78 is 16.9. The van der Waals surface area contributed by atoms with Gasteiger partial charge in [0, 0.05) is 0 Å². The van der Waals surface area contributed by atoms with E-state index in [9.17, 15) is 14.4 Å². The SMILES string of the molecule is COC(=O)c1ccc2c(=O)n(Cc3ccco3)c(SCC(=O)Nc3ccccc3OC)nc2c1. The number of para-hydroxylation sites is 2. The number of nitrogens with one attached hydrogen (secondary N) is 1. The average Bonchev–Trinajstić information content (AvgIpc) is 3.37. The maximum atomic E-state index is 13.3. The number of esters is 1. The molecule has 34 heavy (non-hydrogen) atoms. The molecule has 0 fully saturated rings. The molecule has 0 unspecified atom stereocenters. The number of thioether (sulfide) groups is 1. The molecule has 0 saturated carbocycles. The second kappa shape index (κ2) is 10.3. The van der Waals surface area contributed by atoms with Crippen LogP contribution in [0.4, 0.5) is 5.69 Å². The molecular formula is C24H21N3O6S. The number of hydrogen-bond acceptors (Lipinski definition) is 8. The average molecular weight is 480 g/mol. The van der Waals surface area contributed by atoms with E-state index in [4.69, 9.17) is 13.9 Å². The number of carbonyl (C=O) groups is 2. The van der Waals surface area contributed by atoms with Crippen molar-refractivity contribution in [1.29, 1.82) is 0 Å². The minimum Gasteiger partial charge on any atom is -0.495 e. The first-order chi connectivity index (χ1) is 16.5. The number of nitrogens with zero attached hydrogens (tertiary/aromatic N) is 2. The topological polar surface area (TPSA) is 113 Å². The zero-order chi connectivity index (χ0) is 24.1. The molecule has 0 aliphatic heterocycles. The van der Waals surface area contributed by atoms with Crippen LogP contribution in [-0.4, -0.2) is 41.4 Å². The number of fused-ring (bicyclic) bond motifs is 1. The molecule has 4 rings (SSSR count). The summed E-state index contributed by atoms with van der Waals surface area (Å²) in [4.78, 5) is 42.4. The van der Waals surface area contributed by atoms with Crippen molar-refractivity contribution in [2.75, 3.05) is 25.3 Å². The van der Waals surface area contributed by atoms with Gasteiger partial charge in [0.2, 0.25) is 5.91 Å². The summed E-state index contributed by atoms with van der Waals surface area (Å²) >= 11 is 1.10. The highest BCUT2D eigenvalue weighted by Gasteiger charge is 2.17. The number of aromatic nitrogens is 2. The number of rotatable bonds is 8. The number of furan rings is 1. The Hall–Kier alpha value is -4.05. The van der Waals surface area contributed by atoms with Crippen LogP contribution in [0.5, 0.6) is 5.75 Å². The van der Waals surface area contributed by atoms with Gasteiger partial charge in [-0.05, 0) is 42.5 Å². The molecule has 0 bridgehead atoms. The fraction of sp³-hybridized carbons (Fsp3) is 0.167. The molecule has 0 aliphatic rings. The third kappa shape index (κ3) is 4.96. The van der Waals surface area contributed by atoms with E-state index in [1.54, 1.807) is 42.5 Å². The normalized spacial score (nSPS) is 10.8. The van der Waals surface area contributed by atoms with E-state index < -0.39 is 5.97 Å². The molecule has 2 aromatic heterocycles. The molecule has 174 valence electrons. The summed E-state index contributed by atoms with van der Waals surface area (Å²) in [7, 11) is 2.80. The second-order valence-electron chi connectivity index (χ2n) is 7.13. The van der Waals surface area contributed by atoms with Gasteiger partial charge in [-0.25, -0.2) is 9.78 Å². The number of anilines is 1. The summed E-state index contributed by atoms with van der Waals surface area (Å²) in [6, 6.07) is 15.1. The zero-order valence-corrected chi connectivity index (χ0v) is 19.3. The third-order valence-electron chi connectivity index (χ3n) is 4.95. The Labute approximate surface area is 198 Å². The van der Waals surface area contributed by atoms with E-state index in [-0.39, 0.29) is 29.3 Å². The molecule has 0 atom stereocenters. The highest BCUT2D eigenvalue weighted by atomic mass is 32.2. The Morgan fingerprint density at radius 2 is 1.94 bits per heavy atom. The van der Waals surface area contributed by atoms with E-state index in [2.05, 4.69) is 10.3 Å². The van der Waals surface area contributed by atoms with Gasteiger partial charge in [-0.1, -0.05) is 23.9 Å².